The van der Waals surface area contributed by atoms with Crippen LogP contribution in [0.5, 0.6) is 5.75 Å². The van der Waals surface area contributed by atoms with Gasteiger partial charge in [0, 0.05) is 16.8 Å². The summed E-state index contributed by atoms with van der Waals surface area (Å²) >= 11 is 0. The molecule has 0 saturated carbocycles. The third-order valence-corrected chi connectivity index (χ3v) is 4.26. The van der Waals surface area contributed by atoms with Crippen LogP contribution in [0.3, 0.4) is 0 Å². The molecule has 0 atom stereocenters. The fourth-order valence-electron chi connectivity index (χ4n) is 2.74. The maximum atomic E-state index is 12.5. The Morgan fingerprint density at radius 2 is 1.60 bits per heavy atom. The fraction of sp³-hybridized carbons (Fsp3) is 0.125. The second-order valence-corrected chi connectivity index (χ2v) is 6.52. The fourth-order valence-corrected chi connectivity index (χ4v) is 2.74. The Hall–Kier alpha value is -3.93. The zero-order chi connectivity index (χ0) is 21.3. The number of Topliss-reactive ketones (excluding diaryl/α,β-unsaturated/α-hetero) is 1. The molecule has 6 heteroatoms. The number of rotatable bonds is 8. The minimum atomic E-state index is -0.616. The van der Waals surface area contributed by atoms with Crippen molar-refractivity contribution in [1.82, 2.24) is 0 Å². The average molecular weight is 403 g/mol. The molecule has 152 valence electrons. The summed E-state index contributed by atoms with van der Waals surface area (Å²) in [6.07, 6.45) is 0. The van der Waals surface area contributed by atoms with Gasteiger partial charge in [0.05, 0.1) is 5.56 Å². The van der Waals surface area contributed by atoms with Crippen LogP contribution in [0, 0.1) is 0 Å². The molecule has 0 aliphatic carbocycles. The molecule has 6 nitrogen and oxygen atoms in total. The number of carbonyl (C=O) groups is 3. The number of amides is 1. The zero-order valence-corrected chi connectivity index (χ0v) is 16.5. The quantitative estimate of drug-likeness (QED) is 0.449. The molecule has 3 aromatic rings. The number of benzene rings is 3. The number of hydrogen-bond donors (Lipinski definition) is 1. The number of anilines is 1. The largest absolute Gasteiger partial charge is 0.489 e. The van der Waals surface area contributed by atoms with Crippen LogP contribution in [-0.4, -0.2) is 24.3 Å². The maximum absolute atomic E-state index is 12.5. The van der Waals surface area contributed by atoms with E-state index in [1.54, 1.807) is 48.5 Å². The summed E-state index contributed by atoms with van der Waals surface area (Å²) in [7, 11) is 0. The van der Waals surface area contributed by atoms with Gasteiger partial charge in [-0.2, -0.15) is 0 Å². The van der Waals surface area contributed by atoms with Crippen LogP contribution in [-0.2, 0) is 16.1 Å². The summed E-state index contributed by atoms with van der Waals surface area (Å²) in [5, 5.41) is 2.61. The van der Waals surface area contributed by atoms with Crippen molar-refractivity contribution < 1.29 is 23.9 Å². The Morgan fingerprint density at radius 3 is 2.37 bits per heavy atom. The number of hydrogen-bond acceptors (Lipinski definition) is 5. The Bertz CT molecular complexity index is 1050. The topological polar surface area (TPSA) is 81.7 Å². The van der Waals surface area contributed by atoms with Gasteiger partial charge >= 0.3 is 5.97 Å². The van der Waals surface area contributed by atoms with Crippen molar-refractivity contribution >= 4 is 23.3 Å². The number of esters is 1. The van der Waals surface area contributed by atoms with Gasteiger partial charge in [-0.25, -0.2) is 4.79 Å². The molecule has 0 spiro atoms. The predicted molar refractivity (Wildman–Crippen MR) is 113 cm³/mol. The van der Waals surface area contributed by atoms with E-state index in [0.717, 1.165) is 0 Å². The minimum absolute atomic E-state index is 0.105. The SMILES string of the molecule is CC(=O)c1cccc(NC(=O)COC(=O)c2ccccc2COc2ccccc2)c1. The molecule has 30 heavy (non-hydrogen) atoms. The van der Waals surface area contributed by atoms with E-state index in [9.17, 15) is 14.4 Å². The van der Waals surface area contributed by atoms with Gasteiger partial charge < -0.3 is 14.8 Å². The molecular formula is C24H21NO5. The van der Waals surface area contributed by atoms with Gasteiger partial charge in [0.1, 0.15) is 12.4 Å². The average Bonchev–Trinajstić information content (AvgIpc) is 2.77. The highest BCUT2D eigenvalue weighted by Crippen LogP contribution is 2.16. The van der Waals surface area contributed by atoms with E-state index in [1.807, 2.05) is 30.3 Å². The standard InChI is InChI=1S/C24H21NO5/c1-17(26)18-9-7-10-20(14-18)25-23(27)16-30-24(28)22-13-6-5-8-19(22)15-29-21-11-3-2-4-12-21/h2-14H,15-16H2,1H3,(H,25,27). The molecule has 1 N–H and O–H groups in total. The van der Waals surface area contributed by atoms with Gasteiger partial charge in [-0.1, -0.05) is 48.5 Å². The van der Waals surface area contributed by atoms with Gasteiger partial charge in [-0.05, 0) is 37.3 Å². The van der Waals surface area contributed by atoms with Crippen LogP contribution >= 0.6 is 0 Å². The Labute approximate surface area is 174 Å². The Morgan fingerprint density at radius 1 is 0.867 bits per heavy atom. The molecule has 0 unspecified atom stereocenters. The molecule has 0 aromatic heterocycles. The normalized spacial score (nSPS) is 10.2. The number of para-hydroxylation sites is 1. The maximum Gasteiger partial charge on any atom is 0.339 e. The van der Waals surface area contributed by atoms with E-state index in [4.69, 9.17) is 9.47 Å². The zero-order valence-electron chi connectivity index (χ0n) is 16.5. The lowest BCUT2D eigenvalue weighted by molar-refractivity contribution is -0.119. The first kappa shape index (κ1) is 20.8. The molecule has 1 amide bonds. The van der Waals surface area contributed by atoms with Crippen molar-refractivity contribution in [2.45, 2.75) is 13.5 Å². The molecular weight excluding hydrogens is 382 g/mol. The molecule has 3 rings (SSSR count). The van der Waals surface area contributed by atoms with Gasteiger partial charge in [0.15, 0.2) is 12.4 Å². The van der Waals surface area contributed by atoms with Crippen LogP contribution in [0.2, 0.25) is 0 Å². The molecule has 0 bridgehead atoms. The van der Waals surface area contributed by atoms with Crippen LogP contribution in [0.25, 0.3) is 0 Å². The highest BCUT2D eigenvalue weighted by molar-refractivity contribution is 5.98. The second-order valence-electron chi connectivity index (χ2n) is 6.52. The lowest BCUT2D eigenvalue weighted by Gasteiger charge is -2.11. The van der Waals surface area contributed by atoms with Crippen molar-refractivity contribution in [2.75, 3.05) is 11.9 Å². The van der Waals surface area contributed by atoms with Gasteiger partial charge in [0.25, 0.3) is 5.91 Å². The van der Waals surface area contributed by atoms with Crippen molar-refractivity contribution in [2.24, 2.45) is 0 Å². The van der Waals surface area contributed by atoms with E-state index in [1.165, 1.54) is 6.92 Å². The van der Waals surface area contributed by atoms with Gasteiger partial charge in [-0.15, -0.1) is 0 Å². The highest BCUT2D eigenvalue weighted by Gasteiger charge is 2.15. The van der Waals surface area contributed by atoms with Crippen molar-refractivity contribution in [1.29, 1.82) is 0 Å². The van der Waals surface area contributed by atoms with Crippen molar-refractivity contribution in [3.63, 3.8) is 0 Å². The second kappa shape index (κ2) is 10.0. The van der Waals surface area contributed by atoms with Crippen LogP contribution in [0.4, 0.5) is 5.69 Å². The van der Waals surface area contributed by atoms with Gasteiger partial charge in [0.2, 0.25) is 0 Å². The van der Waals surface area contributed by atoms with E-state index in [2.05, 4.69) is 5.32 Å². The monoisotopic (exact) mass is 403 g/mol. The van der Waals surface area contributed by atoms with Crippen molar-refractivity contribution in [3.8, 4) is 5.75 Å². The summed E-state index contributed by atoms with van der Waals surface area (Å²) in [6.45, 7) is 1.19. The van der Waals surface area contributed by atoms with Crippen LogP contribution < -0.4 is 10.1 Å². The first-order chi connectivity index (χ1) is 14.5. The predicted octanol–water partition coefficient (Wildman–Crippen LogP) is 4.26. The van der Waals surface area contributed by atoms with E-state index < -0.39 is 18.5 Å². The number of ether oxygens (including phenoxy) is 2. The smallest absolute Gasteiger partial charge is 0.339 e. The van der Waals surface area contributed by atoms with Crippen molar-refractivity contribution in [3.05, 3.63) is 95.6 Å². The molecule has 0 fully saturated rings. The summed E-state index contributed by atoms with van der Waals surface area (Å²) in [5.41, 5.74) is 1.93. The summed E-state index contributed by atoms with van der Waals surface area (Å²) in [6, 6.07) is 22.7. The van der Waals surface area contributed by atoms with Crippen LogP contribution in [0.1, 0.15) is 33.2 Å². The number of ketones is 1. The highest BCUT2D eigenvalue weighted by atomic mass is 16.5. The molecule has 3 aromatic carbocycles. The Balaban J connectivity index is 1.57. The summed E-state index contributed by atoms with van der Waals surface area (Å²) in [5.74, 6) is -0.531. The molecule has 0 radical (unpaired) electrons. The summed E-state index contributed by atoms with van der Waals surface area (Å²) < 4.78 is 10.9. The van der Waals surface area contributed by atoms with E-state index >= 15 is 0 Å². The molecule has 0 aliphatic rings. The third-order valence-electron chi connectivity index (χ3n) is 4.26. The lowest BCUT2D eigenvalue weighted by Crippen LogP contribution is -2.21. The molecule has 0 heterocycles. The first-order valence-electron chi connectivity index (χ1n) is 9.36. The van der Waals surface area contributed by atoms with E-state index in [-0.39, 0.29) is 12.4 Å². The number of nitrogens with one attached hydrogen (secondary N) is 1. The van der Waals surface area contributed by atoms with Crippen LogP contribution in [0.15, 0.2) is 78.9 Å². The minimum Gasteiger partial charge on any atom is -0.489 e. The third kappa shape index (κ3) is 5.78. The summed E-state index contributed by atoms with van der Waals surface area (Å²) in [4.78, 5) is 36.0. The van der Waals surface area contributed by atoms with Gasteiger partial charge in [-0.3, -0.25) is 9.59 Å². The Kier molecular flexibility index (Phi) is 6.95. The lowest BCUT2D eigenvalue weighted by atomic mass is 10.1. The van der Waals surface area contributed by atoms with E-state index in [0.29, 0.717) is 28.1 Å². The first-order valence-corrected chi connectivity index (χ1v) is 9.36. The molecule has 0 saturated heterocycles. The molecule has 0 aliphatic heterocycles. The number of carbonyl (C=O) groups excluding carboxylic acids is 3.